The van der Waals surface area contributed by atoms with Crippen LogP contribution in [0.3, 0.4) is 0 Å². The van der Waals surface area contributed by atoms with Crippen LogP contribution in [0.25, 0.3) is 0 Å². The monoisotopic (exact) mass is 298 g/mol. The summed E-state index contributed by atoms with van der Waals surface area (Å²) in [5.41, 5.74) is 0.0274. The van der Waals surface area contributed by atoms with E-state index in [1.165, 1.54) is 0 Å². The maximum atomic E-state index is 11.8. The lowest BCUT2D eigenvalue weighted by molar-refractivity contribution is -0.121. The quantitative estimate of drug-likeness (QED) is 0.820. The lowest BCUT2D eigenvalue weighted by atomic mass is 10.0. The van der Waals surface area contributed by atoms with Gasteiger partial charge in [-0.05, 0) is 37.5 Å². The highest BCUT2D eigenvalue weighted by Crippen LogP contribution is 2.67. The van der Waals surface area contributed by atoms with Crippen molar-refractivity contribution in [2.24, 2.45) is 16.7 Å². The second kappa shape index (κ2) is 5.85. The Kier molecular flexibility index (Phi) is 4.96. The second-order valence-electron chi connectivity index (χ2n) is 7.98. The van der Waals surface area contributed by atoms with Crippen LogP contribution in [0.2, 0.25) is 0 Å². The van der Waals surface area contributed by atoms with Crippen molar-refractivity contribution in [3.05, 3.63) is 0 Å². The van der Waals surface area contributed by atoms with Crippen molar-refractivity contribution in [2.45, 2.75) is 60.5 Å². The predicted molar refractivity (Wildman–Crippen MR) is 82.9 cm³/mol. The number of hydrogen-bond acceptors (Lipinski definition) is 3. The van der Waals surface area contributed by atoms with Crippen molar-refractivity contribution in [2.75, 3.05) is 13.1 Å². The van der Waals surface area contributed by atoms with Gasteiger partial charge in [-0.1, -0.05) is 27.7 Å². The van der Waals surface area contributed by atoms with Gasteiger partial charge >= 0.3 is 6.09 Å². The van der Waals surface area contributed by atoms with Crippen molar-refractivity contribution in [1.29, 1.82) is 0 Å². The molecule has 5 nitrogen and oxygen atoms in total. The molecule has 0 aromatic rings. The topological polar surface area (TPSA) is 67.4 Å². The third-order valence-corrected chi connectivity index (χ3v) is 4.84. The summed E-state index contributed by atoms with van der Waals surface area (Å²) < 4.78 is 5.10. The van der Waals surface area contributed by atoms with E-state index in [2.05, 4.69) is 38.3 Å². The smallest absolute Gasteiger partial charge is 0.407 e. The molecule has 0 aromatic carbocycles. The SMILES string of the molecule is CC(C)(C)OC(=O)NCCC(=O)NCC1C(C)(C)C1(C)C. The highest BCUT2D eigenvalue weighted by Gasteiger charge is 2.64. The summed E-state index contributed by atoms with van der Waals surface area (Å²) in [6, 6.07) is 0. The fraction of sp³-hybridized carbons (Fsp3) is 0.875. The number of carbonyl (C=O) groups excluding carboxylic acids is 2. The van der Waals surface area contributed by atoms with Gasteiger partial charge in [0.05, 0.1) is 0 Å². The first kappa shape index (κ1) is 17.8. The number of alkyl carbamates (subject to hydrolysis) is 1. The second-order valence-corrected chi connectivity index (χ2v) is 7.98. The highest BCUT2D eigenvalue weighted by atomic mass is 16.6. The summed E-state index contributed by atoms with van der Waals surface area (Å²) in [6.07, 6.45) is -0.216. The van der Waals surface area contributed by atoms with Crippen LogP contribution in [0.4, 0.5) is 4.79 Å². The van der Waals surface area contributed by atoms with E-state index in [0.29, 0.717) is 12.5 Å². The van der Waals surface area contributed by atoms with Gasteiger partial charge in [-0.3, -0.25) is 4.79 Å². The molecular formula is C16H30N2O3. The lowest BCUT2D eigenvalue weighted by Gasteiger charge is -2.19. The molecular weight excluding hydrogens is 268 g/mol. The Bertz CT molecular complexity index is 394. The molecule has 0 saturated heterocycles. The summed E-state index contributed by atoms with van der Waals surface area (Å²) in [6.45, 7) is 15.3. The zero-order chi connectivity index (χ0) is 16.5. The van der Waals surface area contributed by atoms with Gasteiger partial charge < -0.3 is 15.4 Å². The lowest BCUT2D eigenvalue weighted by Crippen LogP contribution is -2.35. The summed E-state index contributed by atoms with van der Waals surface area (Å²) in [4.78, 5) is 23.2. The van der Waals surface area contributed by atoms with Crippen LogP contribution < -0.4 is 10.6 Å². The molecule has 2 N–H and O–H groups in total. The third kappa shape index (κ3) is 4.61. The molecule has 1 rings (SSSR count). The van der Waals surface area contributed by atoms with E-state index in [1.54, 1.807) is 20.8 Å². The van der Waals surface area contributed by atoms with Gasteiger partial charge in [-0.25, -0.2) is 4.79 Å². The number of hydrogen-bond donors (Lipinski definition) is 2. The predicted octanol–water partition coefficient (Wildman–Crippen LogP) is 2.70. The molecule has 122 valence electrons. The largest absolute Gasteiger partial charge is 0.444 e. The van der Waals surface area contributed by atoms with Gasteiger partial charge in [0.15, 0.2) is 0 Å². The van der Waals surface area contributed by atoms with Crippen molar-refractivity contribution in [3.63, 3.8) is 0 Å². The Balaban J connectivity index is 2.17. The van der Waals surface area contributed by atoms with Crippen LogP contribution in [0.5, 0.6) is 0 Å². The number of ether oxygens (including phenoxy) is 1. The van der Waals surface area contributed by atoms with Crippen LogP contribution in [-0.4, -0.2) is 30.7 Å². The molecule has 0 spiro atoms. The molecule has 0 radical (unpaired) electrons. The van der Waals surface area contributed by atoms with E-state index in [-0.39, 0.29) is 29.7 Å². The van der Waals surface area contributed by atoms with Gasteiger partial charge in [0.2, 0.25) is 5.91 Å². The molecule has 0 aromatic heterocycles. The van der Waals surface area contributed by atoms with Crippen LogP contribution in [-0.2, 0) is 9.53 Å². The first-order valence-electron chi connectivity index (χ1n) is 7.61. The van der Waals surface area contributed by atoms with Crippen LogP contribution >= 0.6 is 0 Å². The molecule has 21 heavy (non-hydrogen) atoms. The van der Waals surface area contributed by atoms with Crippen molar-refractivity contribution in [3.8, 4) is 0 Å². The van der Waals surface area contributed by atoms with Crippen molar-refractivity contribution in [1.82, 2.24) is 10.6 Å². The van der Waals surface area contributed by atoms with Gasteiger partial charge in [-0.15, -0.1) is 0 Å². The van der Waals surface area contributed by atoms with Gasteiger partial charge in [0.1, 0.15) is 5.60 Å². The minimum atomic E-state index is -0.518. The maximum absolute atomic E-state index is 11.8. The molecule has 0 aliphatic heterocycles. The Morgan fingerprint density at radius 2 is 1.57 bits per heavy atom. The molecule has 2 amide bonds. The van der Waals surface area contributed by atoms with Crippen molar-refractivity contribution >= 4 is 12.0 Å². The van der Waals surface area contributed by atoms with Gasteiger partial charge in [0, 0.05) is 19.5 Å². The average molecular weight is 298 g/mol. The fourth-order valence-electron chi connectivity index (χ4n) is 2.74. The number of amides is 2. The summed E-state index contributed by atoms with van der Waals surface area (Å²) in [5, 5.41) is 5.53. The summed E-state index contributed by atoms with van der Waals surface area (Å²) >= 11 is 0. The normalized spacial score (nSPS) is 19.8. The molecule has 0 unspecified atom stereocenters. The van der Waals surface area contributed by atoms with E-state index in [4.69, 9.17) is 4.74 Å². The summed E-state index contributed by atoms with van der Waals surface area (Å²) in [5.74, 6) is 0.470. The van der Waals surface area contributed by atoms with Gasteiger partial charge in [0.25, 0.3) is 0 Å². The van der Waals surface area contributed by atoms with E-state index >= 15 is 0 Å². The zero-order valence-electron chi connectivity index (χ0n) is 14.4. The Morgan fingerprint density at radius 1 is 1.05 bits per heavy atom. The molecule has 0 heterocycles. The van der Waals surface area contributed by atoms with Crippen LogP contribution in [0.1, 0.15) is 54.9 Å². The fourth-order valence-corrected chi connectivity index (χ4v) is 2.74. The molecule has 0 atom stereocenters. The van der Waals surface area contributed by atoms with Crippen LogP contribution in [0.15, 0.2) is 0 Å². The first-order valence-corrected chi connectivity index (χ1v) is 7.61. The van der Waals surface area contributed by atoms with Crippen LogP contribution in [0, 0.1) is 16.7 Å². The number of carbonyl (C=O) groups is 2. The summed E-state index contributed by atoms with van der Waals surface area (Å²) in [7, 11) is 0. The molecule has 5 heteroatoms. The molecule has 1 aliphatic carbocycles. The Hall–Kier alpha value is -1.26. The minimum Gasteiger partial charge on any atom is -0.444 e. The molecule has 1 saturated carbocycles. The molecule has 0 bridgehead atoms. The average Bonchev–Trinajstić information content (AvgIpc) is 2.64. The van der Waals surface area contributed by atoms with E-state index in [1.807, 2.05) is 0 Å². The number of nitrogens with one attached hydrogen (secondary N) is 2. The van der Waals surface area contributed by atoms with Gasteiger partial charge in [-0.2, -0.15) is 0 Å². The maximum Gasteiger partial charge on any atom is 0.407 e. The zero-order valence-corrected chi connectivity index (χ0v) is 14.4. The Morgan fingerprint density at radius 3 is 2.00 bits per heavy atom. The van der Waals surface area contributed by atoms with E-state index < -0.39 is 11.7 Å². The van der Waals surface area contributed by atoms with Crippen molar-refractivity contribution < 1.29 is 14.3 Å². The first-order chi connectivity index (χ1) is 9.38. The molecule has 1 fully saturated rings. The molecule has 1 aliphatic rings. The highest BCUT2D eigenvalue weighted by molar-refractivity contribution is 5.77. The third-order valence-electron chi connectivity index (χ3n) is 4.84. The standard InChI is InChI=1S/C16H30N2O3/c1-14(2,3)21-13(20)17-9-8-12(19)18-10-11-15(4,5)16(11,6)7/h11H,8-10H2,1-7H3,(H,17,20)(H,18,19). The minimum absolute atomic E-state index is 0.0374. The van der Waals surface area contributed by atoms with E-state index in [9.17, 15) is 9.59 Å². The van der Waals surface area contributed by atoms with E-state index in [0.717, 1.165) is 0 Å². The number of rotatable bonds is 5. The Labute approximate surface area is 128 Å².